The van der Waals surface area contributed by atoms with Crippen LogP contribution in [0.4, 0.5) is 22.7 Å². The van der Waals surface area contributed by atoms with Gasteiger partial charge in [0.25, 0.3) is 0 Å². The molecule has 6 aliphatic heterocycles. The Labute approximate surface area is 712 Å². The zero-order valence-electron chi connectivity index (χ0n) is 77.7. The van der Waals surface area contributed by atoms with Crippen molar-refractivity contribution in [1.82, 2.24) is 39.2 Å². The van der Waals surface area contributed by atoms with Crippen LogP contribution in [-0.4, -0.2) is 126 Å². The Kier molecular flexibility index (Phi) is 30.2. The third-order valence-corrected chi connectivity index (χ3v) is 28.0. The van der Waals surface area contributed by atoms with Crippen LogP contribution in [0.3, 0.4) is 0 Å². The molecule has 12 nitrogen and oxygen atoms in total. The van der Waals surface area contributed by atoms with E-state index in [2.05, 4.69) is 389 Å². The summed E-state index contributed by atoms with van der Waals surface area (Å²) in [6, 6.07) is 25.1. The zero-order chi connectivity index (χ0) is 83.1. The molecule has 8 aliphatic carbocycles. The molecule has 0 saturated heterocycles. The van der Waals surface area contributed by atoms with Crippen molar-refractivity contribution in [3.05, 3.63) is 190 Å². The minimum atomic E-state index is 0. The van der Waals surface area contributed by atoms with E-state index in [0.717, 1.165) is 68.9 Å². The first-order chi connectivity index (χ1) is 53.5. The summed E-state index contributed by atoms with van der Waals surface area (Å²) in [6.45, 7) is 73.3. The summed E-state index contributed by atoms with van der Waals surface area (Å²) in [5.41, 5.74) is 23.6. The van der Waals surface area contributed by atoms with E-state index in [1.165, 1.54) is 135 Å². The molecule has 0 radical (unpaired) electrons. The van der Waals surface area contributed by atoms with Crippen LogP contribution in [0.1, 0.15) is 337 Å². The maximum atomic E-state index is 2.86. The minimum absolute atomic E-state index is 0. The number of anilines is 4. The highest BCUT2D eigenvalue weighted by molar-refractivity contribution is 5.72. The Morgan fingerprint density at radius 1 is 0.302 bits per heavy atom. The average molecular weight is 1590 g/mol. The van der Waals surface area contributed by atoms with E-state index < -0.39 is 0 Å². The highest BCUT2D eigenvalue weighted by Crippen LogP contribution is 2.61. The fourth-order valence-corrected chi connectivity index (χ4v) is 22.5. The average Bonchev–Trinajstić information content (AvgIpc) is 1.41. The van der Waals surface area contributed by atoms with Crippen LogP contribution in [0.15, 0.2) is 134 Å². The molecule has 0 amide bonds. The van der Waals surface area contributed by atoms with Crippen molar-refractivity contribution in [2.24, 2.45) is 35.5 Å². The van der Waals surface area contributed by atoms with Crippen molar-refractivity contribution in [3.8, 4) is 0 Å². The third-order valence-electron chi connectivity index (χ3n) is 28.0. The van der Waals surface area contributed by atoms with Crippen molar-refractivity contribution in [3.63, 3.8) is 0 Å². The van der Waals surface area contributed by atoms with Gasteiger partial charge in [-0.3, -0.25) is 0 Å². The molecule has 8 fully saturated rings. The summed E-state index contributed by atoms with van der Waals surface area (Å²) in [5, 5.41) is 0. The molecule has 0 N–H and O–H groups in total. The van der Waals surface area contributed by atoms with Crippen molar-refractivity contribution in [2.45, 2.75) is 370 Å². The van der Waals surface area contributed by atoms with Crippen LogP contribution in [0.25, 0.3) is 0 Å². The Morgan fingerprint density at radius 3 is 0.784 bits per heavy atom. The van der Waals surface area contributed by atoms with E-state index >= 15 is 0 Å². The Bertz CT molecular complexity index is 3680. The van der Waals surface area contributed by atoms with Gasteiger partial charge in [0.15, 0.2) is 0 Å². The highest BCUT2D eigenvalue weighted by atomic mass is 15.4. The second kappa shape index (κ2) is 37.7. The molecule has 18 rings (SSSR count). The molecule has 14 aliphatic rings. The SMILES string of the molecule is C.C.C1=CN(C23CC4CC(CC(C4)C2)C3)CN1C12CC3CC(CC(C3)C1)C2.CC(C)(C)N1C=CN(C(C)(C)C)C1.CC(C)N1C=CN(C(C)C)C1.CC(C)c1cccc(C(C)C)c1N1C=CN(c2c(C(C)C)cccc2C(C)C)C1.CC1=C(C)N(C(C)C)CN1C(C)C.Cc1cc(C)c(N2C=CN(c3c(C)cc(C)cc3C)C2)c(C)c1. The highest BCUT2D eigenvalue weighted by Gasteiger charge is 2.57. The maximum Gasteiger partial charge on any atom is 0.0989 e. The largest absolute Gasteiger partial charge is 0.356 e. The number of nitrogens with zero attached hydrogens (tertiary/aromatic N) is 12. The first-order valence-electron chi connectivity index (χ1n) is 45.2. The third kappa shape index (κ3) is 20.8. The van der Waals surface area contributed by atoms with Gasteiger partial charge in [0.1, 0.15) is 0 Å². The number of allylic oxidation sites excluding steroid dienone is 2. The van der Waals surface area contributed by atoms with E-state index in [1.807, 2.05) is 0 Å². The smallest absolute Gasteiger partial charge is 0.0989 e. The number of rotatable bonds is 14. The van der Waals surface area contributed by atoms with Gasteiger partial charge in [-0.15, -0.1) is 0 Å². The molecule has 644 valence electrons. The summed E-state index contributed by atoms with van der Waals surface area (Å²) in [5.74, 6) is 8.38. The van der Waals surface area contributed by atoms with Crippen molar-refractivity contribution in [2.75, 3.05) is 59.6 Å². The van der Waals surface area contributed by atoms with Gasteiger partial charge < -0.3 is 58.8 Å². The molecule has 6 heterocycles. The van der Waals surface area contributed by atoms with Gasteiger partial charge in [0.05, 0.1) is 40.0 Å². The summed E-state index contributed by atoms with van der Waals surface area (Å²) in [7, 11) is 0. The summed E-state index contributed by atoms with van der Waals surface area (Å²) < 4.78 is 0. The van der Waals surface area contributed by atoms with Crippen LogP contribution in [0.2, 0.25) is 0 Å². The van der Waals surface area contributed by atoms with Crippen LogP contribution in [0.5, 0.6) is 0 Å². The number of aryl methyl sites for hydroxylation is 6. The molecule has 0 aromatic heterocycles. The molecule has 0 atom stereocenters. The molecule has 8 bridgehead atoms. The van der Waals surface area contributed by atoms with Crippen molar-refractivity contribution in [1.29, 1.82) is 0 Å². The molecule has 8 saturated carbocycles. The normalized spacial score (nSPS) is 24.7. The fourth-order valence-electron chi connectivity index (χ4n) is 22.5. The van der Waals surface area contributed by atoms with Gasteiger partial charge in [0.2, 0.25) is 0 Å². The predicted molar refractivity (Wildman–Crippen MR) is 504 cm³/mol. The number of hydrogen-bond acceptors (Lipinski definition) is 12. The maximum absolute atomic E-state index is 2.86. The fraction of sp³-hybridized carbons (Fsp3) is 0.654. The molecule has 4 aromatic carbocycles. The number of benzene rings is 4. The van der Waals surface area contributed by atoms with Gasteiger partial charge in [-0.05, 0) is 333 Å². The molecule has 4 aromatic rings. The van der Waals surface area contributed by atoms with Crippen LogP contribution in [0, 0.1) is 77.0 Å². The van der Waals surface area contributed by atoms with Gasteiger partial charge in [-0.25, -0.2) is 0 Å². The monoisotopic (exact) mass is 1590 g/mol. The Balaban J connectivity index is 0.000000164. The lowest BCUT2D eigenvalue weighted by atomic mass is 9.52. The summed E-state index contributed by atoms with van der Waals surface area (Å²) in [6.07, 6.45) is 41.2. The molecule has 116 heavy (non-hydrogen) atoms. The molecule has 12 heteroatoms. The standard InChI is InChI=1S/C27H38N2.C23H34N2.C21H26N2.2C11H22N2.C9H18N2.2CH4/c1-18(2)22-11-9-12-23(19(3)4)26(22)28-15-16-29(17-28)27-24(20(5)6)13-10-14-25(27)21(7)8;1-2-25(23-12-19-6-20(13-23)8-21(7-19)14-23)15-24(1)22-9-16-3-17(10-22)5-18(4-16)11-22;1-14-9-16(3)20(17(4)10-14)22-7-8-23(13-22)21-18(5)11-15(2)12-19(21)6;1-10(2,3)12-7-8-13(9-12)11(4,5)6;1-8(2)12-7-13(9(3)4)11(6)10(12)5;1-8(2)10-5-6-11(7-10)9(3)4;;/h9-16,18-21H,17H2,1-8H3;1-2,16-21H,3-15H2;7-12H,13H2,1-6H3;7-8H,9H2,1-6H3;8-9H,7H2,1-6H3;5-6,8-9H,7H2,1-4H3;2*1H4. The Hall–Kier alpha value is -7.08. The Morgan fingerprint density at radius 2 is 0.569 bits per heavy atom. The van der Waals surface area contributed by atoms with E-state index in [1.54, 1.807) is 38.5 Å². The first kappa shape index (κ1) is 92.8. The van der Waals surface area contributed by atoms with Gasteiger partial charge >= 0.3 is 0 Å². The van der Waals surface area contributed by atoms with Crippen molar-refractivity contribution >= 4 is 22.7 Å². The quantitative estimate of drug-likeness (QED) is 0.121. The topological polar surface area (TPSA) is 38.9 Å². The van der Waals surface area contributed by atoms with Crippen molar-refractivity contribution < 1.29 is 0 Å². The van der Waals surface area contributed by atoms with E-state index in [-0.39, 0.29) is 25.9 Å². The lowest BCUT2D eigenvalue weighted by Crippen LogP contribution is -2.62. The van der Waals surface area contributed by atoms with Gasteiger partial charge in [-0.2, -0.15) is 0 Å². The first-order valence-corrected chi connectivity index (χ1v) is 45.2. The van der Waals surface area contributed by atoms with Gasteiger partial charge in [-0.1, -0.05) is 142 Å². The second-order valence-corrected chi connectivity index (χ2v) is 41.9. The number of para-hydroxylation sites is 2. The number of hydrogen-bond donors (Lipinski definition) is 0. The van der Waals surface area contributed by atoms with Gasteiger partial charge in [0, 0.05) is 142 Å². The summed E-state index contributed by atoms with van der Waals surface area (Å²) in [4.78, 5) is 29.6. The van der Waals surface area contributed by atoms with E-state index in [0.29, 0.717) is 58.9 Å². The summed E-state index contributed by atoms with van der Waals surface area (Å²) >= 11 is 0. The zero-order valence-corrected chi connectivity index (χ0v) is 77.7. The van der Waals surface area contributed by atoms with E-state index in [9.17, 15) is 0 Å². The molecule has 0 unspecified atom stereocenters. The predicted octanol–water partition coefficient (Wildman–Crippen LogP) is 26.6. The van der Waals surface area contributed by atoms with Crippen LogP contribution < -0.4 is 19.6 Å². The lowest BCUT2D eigenvalue weighted by molar-refractivity contribution is -0.105. The molecular weight excluding hydrogens is 1420 g/mol. The lowest BCUT2D eigenvalue weighted by Gasteiger charge is -2.62. The molecular formula is C104H168N12. The van der Waals surface area contributed by atoms with E-state index in [4.69, 9.17) is 0 Å². The van der Waals surface area contributed by atoms with Crippen LogP contribution >= 0.6 is 0 Å². The minimum Gasteiger partial charge on any atom is -0.356 e. The second-order valence-electron chi connectivity index (χ2n) is 41.9. The van der Waals surface area contributed by atoms with Crippen LogP contribution in [-0.2, 0) is 0 Å². The molecule has 0 spiro atoms.